The molecule has 0 aliphatic carbocycles. The molecular weight excluding hydrogens is 422 g/mol. The van der Waals surface area contributed by atoms with Crippen molar-refractivity contribution in [3.8, 4) is 11.1 Å². The normalized spacial score (nSPS) is 15.4. The summed E-state index contributed by atoms with van der Waals surface area (Å²) in [4.78, 5) is 29.8. The molecule has 0 unspecified atom stereocenters. The number of esters is 1. The number of carbonyl (C=O) groups excluding carboxylic acids is 2. The third-order valence-electron chi connectivity index (χ3n) is 5.39. The van der Waals surface area contributed by atoms with E-state index in [9.17, 15) is 9.59 Å². The summed E-state index contributed by atoms with van der Waals surface area (Å²) in [7, 11) is 4.10. The molecule has 1 saturated heterocycles. The highest BCUT2D eigenvalue weighted by Crippen LogP contribution is 2.39. The van der Waals surface area contributed by atoms with E-state index in [1.807, 2.05) is 30.6 Å². The zero-order valence-corrected chi connectivity index (χ0v) is 19.2. The minimum absolute atomic E-state index is 0.144. The van der Waals surface area contributed by atoms with Crippen LogP contribution in [-0.2, 0) is 9.53 Å². The molecule has 1 aromatic heterocycles. The largest absolute Gasteiger partial charge is 0.462 e. The SMILES string of the molecule is CCOC(=O)c1c(-c2ccccc2Cl)csc1NC(=O)CN(C)C1CCN(C)CC1. The summed E-state index contributed by atoms with van der Waals surface area (Å²) in [6.07, 6.45) is 2.09. The van der Waals surface area contributed by atoms with Gasteiger partial charge in [0.25, 0.3) is 0 Å². The van der Waals surface area contributed by atoms with Crippen molar-refractivity contribution in [3.63, 3.8) is 0 Å². The number of hydrogen-bond acceptors (Lipinski definition) is 6. The maximum Gasteiger partial charge on any atom is 0.341 e. The summed E-state index contributed by atoms with van der Waals surface area (Å²) in [6, 6.07) is 7.72. The number of amides is 1. The Morgan fingerprint density at radius 1 is 1.27 bits per heavy atom. The van der Waals surface area contributed by atoms with Crippen molar-refractivity contribution in [3.05, 3.63) is 40.2 Å². The van der Waals surface area contributed by atoms with Crippen LogP contribution in [0.3, 0.4) is 0 Å². The number of thiophene rings is 1. The van der Waals surface area contributed by atoms with Gasteiger partial charge in [0.2, 0.25) is 5.91 Å². The number of halogens is 1. The van der Waals surface area contributed by atoms with Crippen molar-refractivity contribution in [1.82, 2.24) is 9.80 Å². The van der Waals surface area contributed by atoms with Crippen LogP contribution in [0.1, 0.15) is 30.1 Å². The Balaban J connectivity index is 1.77. The van der Waals surface area contributed by atoms with Crippen LogP contribution in [0.25, 0.3) is 11.1 Å². The first-order valence-corrected chi connectivity index (χ1v) is 11.4. The lowest BCUT2D eigenvalue weighted by Crippen LogP contribution is -2.44. The van der Waals surface area contributed by atoms with Crippen molar-refractivity contribution in [1.29, 1.82) is 0 Å². The van der Waals surface area contributed by atoms with Crippen LogP contribution >= 0.6 is 22.9 Å². The summed E-state index contributed by atoms with van der Waals surface area (Å²) in [6.45, 7) is 4.36. The average molecular weight is 450 g/mol. The Morgan fingerprint density at radius 3 is 2.63 bits per heavy atom. The van der Waals surface area contributed by atoms with E-state index in [1.165, 1.54) is 11.3 Å². The van der Waals surface area contributed by atoms with Crippen LogP contribution in [-0.4, -0.2) is 68.1 Å². The molecule has 0 atom stereocenters. The predicted molar refractivity (Wildman–Crippen MR) is 123 cm³/mol. The molecule has 0 radical (unpaired) electrons. The lowest BCUT2D eigenvalue weighted by atomic mass is 10.0. The summed E-state index contributed by atoms with van der Waals surface area (Å²) >= 11 is 7.66. The Bertz CT molecular complexity index is 894. The first-order valence-electron chi connectivity index (χ1n) is 10.1. The molecule has 8 heteroatoms. The molecule has 0 saturated carbocycles. The zero-order valence-electron chi connectivity index (χ0n) is 17.6. The molecule has 2 aromatic rings. The van der Waals surface area contributed by atoms with Crippen LogP contribution in [0.5, 0.6) is 0 Å². The van der Waals surface area contributed by atoms with Crippen molar-refractivity contribution in [2.45, 2.75) is 25.8 Å². The molecular formula is C22H28ClN3O3S. The molecule has 1 N–H and O–H groups in total. The monoisotopic (exact) mass is 449 g/mol. The van der Waals surface area contributed by atoms with Crippen LogP contribution in [0.4, 0.5) is 5.00 Å². The highest BCUT2D eigenvalue weighted by Gasteiger charge is 2.26. The van der Waals surface area contributed by atoms with Gasteiger partial charge in [-0.15, -0.1) is 11.3 Å². The fraction of sp³-hybridized carbons (Fsp3) is 0.455. The Hall–Kier alpha value is -1.93. The molecule has 1 amide bonds. The predicted octanol–water partition coefficient (Wildman–Crippen LogP) is 4.21. The molecule has 3 rings (SSSR count). The number of nitrogens with one attached hydrogen (secondary N) is 1. The van der Waals surface area contributed by atoms with Crippen molar-refractivity contribution >= 4 is 39.8 Å². The number of likely N-dealkylation sites (tertiary alicyclic amines) is 1. The molecule has 1 aliphatic heterocycles. The average Bonchev–Trinajstić information content (AvgIpc) is 3.12. The van der Waals surface area contributed by atoms with E-state index >= 15 is 0 Å². The number of carbonyl (C=O) groups is 2. The maximum atomic E-state index is 12.7. The summed E-state index contributed by atoms with van der Waals surface area (Å²) in [5.74, 6) is -0.609. The first kappa shape index (κ1) is 22.7. The van der Waals surface area contributed by atoms with Crippen molar-refractivity contribution in [2.75, 3.05) is 45.7 Å². The molecule has 162 valence electrons. The third kappa shape index (κ3) is 5.40. The lowest BCUT2D eigenvalue weighted by molar-refractivity contribution is -0.117. The van der Waals surface area contributed by atoms with E-state index in [2.05, 4.69) is 22.2 Å². The van der Waals surface area contributed by atoms with Crippen molar-refractivity contribution < 1.29 is 14.3 Å². The second-order valence-electron chi connectivity index (χ2n) is 7.55. The van der Waals surface area contributed by atoms with Gasteiger partial charge in [-0.1, -0.05) is 29.8 Å². The fourth-order valence-corrected chi connectivity index (χ4v) is 4.89. The van der Waals surface area contributed by atoms with Gasteiger partial charge in [-0.25, -0.2) is 4.79 Å². The van der Waals surface area contributed by atoms with Crippen LogP contribution in [0.2, 0.25) is 5.02 Å². The number of nitrogens with zero attached hydrogens (tertiary/aromatic N) is 2. The second-order valence-corrected chi connectivity index (χ2v) is 8.84. The van der Waals surface area contributed by atoms with E-state index in [4.69, 9.17) is 16.3 Å². The number of ether oxygens (including phenoxy) is 1. The minimum Gasteiger partial charge on any atom is -0.462 e. The second kappa shape index (κ2) is 10.4. The Morgan fingerprint density at radius 2 is 1.97 bits per heavy atom. The van der Waals surface area contributed by atoms with Crippen LogP contribution < -0.4 is 5.32 Å². The summed E-state index contributed by atoms with van der Waals surface area (Å²) < 4.78 is 5.26. The summed E-state index contributed by atoms with van der Waals surface area (Å²) in [5, 5.41) is 5.79. The van der Waals surface area contributed by atoms with E-state index < -0.39 is 5.97 Å². The van der Waals surface area contributed by atoms with Gasteiger partial charge in [-0.05, 0) is 53.0 Å². The molecule has 1 aromatic carbocycles. The highest BCUT2D eigenvalue weighted by molar-refractivity contribution is 7.15. The van der Waals surface area contributed by atoms with Gasteiger partial charge in [0.15, 0.2) is 0 Å². The van der Waals surface area contributed by atoms with E-state index in [0.717, 1.165) is 31.5 Å². The quantitative estimate of drug-likeness (QED) is 0.641. The number of benzene rings is 1. The fourth-order valence-electron chi connectivity index (χ4n) is 3.69. The molecule has 30 heavy (non-hydrogen) atoms. The molecule has 1 fully saturated rings. The van der Waals surface area contributed by atoms with Gasteiger partial charge in [0, 0.05) is 27.6 Å². The van der Waals surface area contributed by atoms with E-state index in [-0.39, 0.29) is 19.1 Å². The standard InChI is InChI=1S/C22H28ClN3O3S/c1-4-29-22(28)20-17(16-7-5-6-8-18(16)23)14-30-21(20)24-19(27)13-26(3)15-9-11-25(2)12-10-15/h5-8,14-15H,4,9-13H2,1-3H3,(H,24,27). The topological polar surface area (TPSA) is 61.9 Å². The Kier molecular flexibility index (Phi) is 7.88. The maximum absolute atomic E-state index is 12.7. The molecule has 0 spiro atoms. The van der Waals surface area contributed by atoms with E-state index in [0.29, 0.717) is 27.2 Å². The van der Waals surface area contributed by atoms with E-state index in [1.54, 1.807) is 13.0 Å². The highest BCUT2D eigenvalue weighted by atomic mass is 35.5. The number of rotatable bonds is 7. The smallest absolute Gasteiger partial charge is 0.341 e. The van der Waals surface area contributed by atoms with Crippen LogP contribution in [0, 0.1) is 0 Å². The number of anilines is 1. The molecule has 2 heterocycles. The van der Waals surface area contributed by atoms with Gasteiger partial charge in [0.1, 0.15) is 10.6 Å². The third-order valence-corrected chi connectivity index (χ3v) is 6.62. The summed E-state index contributed by atoms with van der Waals surface area (Å²) in [5.41, 5.74) is 1.76. The lowest BCUT2D eigenvalue weighted by Gasteiger charge is -2.34. The van der Waals surface area contributed by atoms with Gasteiger partial charge >= 0.3 is 5.97 Å². The molecule has 6 nitrogen and oxygen atoms in total. The van der Waals surface area contributed by atoms with Gasteiger partial charge in [-0.2, -0.15) is 0 Å². The number of hydrogen-bond donors (Lipinski definition) is 1. The van der Waals surface area contributed by atoms with Crippen molar-refractivity contribution in [2.24, 2.45) is 0 Å². The Labute approximate surface area is 186 Å². The minimum atomic E-state index is -0.465. The first-order chi connectivity index (χ1) is 14.4. The number of likely N-dealkylation sites (N-methyl/N-ethyl adjacent to an activating group) is 1. The van der Waals surface area contributed by atoms with Gasteiger partial charge < -0.3 is 15.0 Å². The molecule has 0 bridgehead atoms. The zero-order chi connectivity index (χ0) is 21.7. The molecule has 1 aliphatic rings. The number of piperidine rings is 1. The van der Waals surface area contributed by atoms with Gasteiger partial charge in [-0.3, -0.25) is 9.69 Å². The van der Waals surface area contributed by atoms with Gasteiger partial charge in [0.05, 0.1) is 13.2 Å². The van der Waals surface area contributed by atoms with Crippen LogP contribution in [0.15, 0.2) is 29.6 Å².